The van der Waals surface area contributed by atoms with Gasteiger partial charge in [-0.3, -0.25) is 14.7 Å². The van der Waals surface area contributed by atoms with E-state index in [0.717, 1.165) is 56.4 Å². The number of nitrogens with zero attached hydrogens (tertiary/aromatic N) is 4. The average molecular weight is 497 g/mol. The lowest BCUT2D eigenvalue weighted by Gasteiger charge is -2.42. The Morgan fingerprint density at radius 1 is 0.730 bits per heavy atom. The molecule has 3 heterocycles. The molecule has 192 valence electrons. The van der Waals surface area contributed by atoms with Crippen molar-refractivity contribution in [3.05, 3.63) is 102 Å². The monoisotopic (exact) mass is 496 g/mol. The lowest BCUT2D eigenvalue weighted by molar-refractivity contribution is -0.135. The predicted octanol–water partition coefficient (Wildman–Crippen LogP) is 4.95. The van der Waals surface area contributed by atoms with E-state index < -0.39 is 5.54 Å². The highest BCUT2D eigenvalue weighted by Crippen LogP contribution is 2.38. The third kappa shape index (κ3) is 5.75. The van der Waals surface area contributed by atoms with Gasteiger partial charge in [0.25, 0.3) is 5.91 Å². The molecule has 6 heteroatoms. The van der Waals surface area contributed by atoms with Crippen molar-refractivity contribution < 1.29 is 9.59 Å². The van der Waals surface area contributed by atoms with Gasteiger partial charge in [0.1, 0.15) is 5.54 Å². The highest BCUT2D eigenvalue weighted by Gasteiger charge is 2.57. The number of carbonyl (C=O) groups excluding carboxylic acids is 2. The van der Waals surface area contributed by atoms with Crippen LogP contribution in [0.15, 0.2) is 85.2 Å². The number of amides is 3. The van der Waals surface area contributed by atoms with Crippen LogP contribution >= 0.6 is 0 Å². The molecule has 0 radical (unpaired) electrons. The number of rotatable bonds is 10. The molecular weight excluding hydrogens is 460 g/mol. The van der Waals surface area contributed by atoms with Crippen LogP contribution in [0.5, 0.6) is 0 Å². The first-order chi connectivity index (χ1) is 18.2. The number of hydrogen-bond acceptors (Lipinski definition) is 4. The average Bonchev–Trinajstić information content (AvgIpc) is 3.13. The topological polar surface area (TPSA) is 56.8 Å². The molecule has 5 rings (SSSR count). The van der Waals surface area contributed by atoms with Crippen LogP contribution in [0.3, 0.4) is 0 Å². The van der Waals surface area contributed by atoms with E-state index in [1.807, 2.05) is 53.6 Å². The van der Waals surface area contributed by atoms with Gasteiger partial charge in [-0.1, -0.05) is 66.7 Å². The highest BCUT2D eigenvalue weighted by atomic mass is 16.2. The van der Waals surface area contributed by atoms with E-state index in [4.69, 9.17) is 0 Å². The standard InChI is InChI=1S/C31H36N4O2/c36-29-31(17-22-33(23-18-31)20-8-15-26-10-3-1-4-11-26)35(25-28-12-5-2-6-13-28)30(37)34(29)21-9-16-27-14-7-19-32-24-27/h1-7,10-14,19,24H,8-9,15-18,20-23,25H2. The van der Waals surface area contributed by atoms with Crippen molar-refractivity contribution >= 4 is 11.9 Å². The molecule has 2 saturated heterocycles. The summed E-state index contributed by atoms with van der Waals surface area (Å²) in [4.78, 5) is 37.5. The largest absolute Gasteiger partial charge is 0.327 e. The minimum absolute atomic E-state index is 0.0106. The van der Waals surface area contributed by atoms with Crippen LogP contribution in [-0.2, 0) is 24.2 Å². The van der Waals surface area contributed by atoms with Crippen molar-refractivity contribution in [2.45, 2.75) is 50.6 Å². The third-order valence-electron chi connectivity index (χ3n) is 7.84. The van der Waals surface area contributed by atoms with Gasteiger partial charge in [-0.15, -0.1) is 0 Å². The quantitative estimate of drug-likeness (QED) is 0.373. The van der Waals surface area contributed by atoms with Gasteiger partial charge in [-0.2, -0.15) is 0 Å². The Balaban J connectivity index is 1.24. The van der Waals surface area contributed by atoms with E-state index in [9.17, 15) is 9.59 Å². The maximum absolute atomic E-state index is 13.9. The molecule has 2 aliphatic rings. The number of piperidine rings is 1. The number of aryl methyl sites for hydroxylation is 2. The summed E-state index contributed by atoms with van der Waals surface area (Å²) in [5, 5.41) is 0. The highest BCUT2D eigenvalue weighted by molar-refractivity contribution is 6.07. The van der Waals surface area contributed by atoms with Crippen molar-refractivity contribution in [3.63, 3.8) is 0 Å². The van der Waals surface area contributed by atoms with Crippen LogP contribution in [0.4, 0.5) is 4.79 Å². The number of urea groups is 1. The number of hydrogen-bond donors (Lipinski definition) is 0. The van der Waals surface area contributed by atoms with E-state index in [-0.39, 0.29) is 11.9 Å². The molecule has 2 fully saturated rings. The maximum Gasteiger partial charge on any atom is 0.327 e. The molecule has 0 N–H and O–H groups in total. The summed E-state index contributed by atoms with van der Waals surface area (Å²) in [6.07, 6.45) is 8.68. The Kier molecular flexibility index (Phi) is 7.95. The van der Waals surface area contributed by atoms with Crippen LogP contribution in [-0.4, -0.2) is 63.3 Å². The summed E-state index contributed by atoms with van der Waals surface area (Å²) in [6.45, 7) is 3.60. The van der Waals surface area contributed by atoms with E-state index >= 15 is 0 Å². The van der Waals surface area contributed by atoms with Gasteiger partial charge in [0.05, 0.1) is 0 Å². The van der Waals surface area contributed by atoms with Crippen molar-refractivity contribution in [1.82, 2.24) is 19.7 Å². The molecular formula is C31H36N4O2. The fourth-order valence-corrected chi connectivity index (χ4v) is 5.73. The Hall–Kier alpha value is -3.51. The summed E-state index contributed by atoms with van der Waals surface area (Å²) < 4.78 is 0. The number of imide groups is 1. The third-order valence-corrected chi connectivity index (χ3v) is 7.84. The second-order valence-electron chi connectivity index (χ2n) is 10.2. The van der Waals surface area contributed by atoms with Crippen LogP contribution < -0.4 is 0 Å². The lowest BCUT2D eigenvalue weighted by Crippen LogP contribution is -2.56. The molecule has 0 unspecified atom stereocenters. The zero-order chi connectivity index (χ0) is 25.5. The van der Waals surface area contributed by atoms with Crippen molar-refractivity contribution in [1.29, 1.82) is 0 Å². The second kappa shape index (κ2) is 11.7. The van der Waals surface area contributed by atoms with Gasteiger partial charge in [0.2, 0.25) is 0 Å². The summed E-state index contributed by atoms with van der Waals surface area (Å²) in [5.74, 6) is -0.0106. The molecule has 0 bridgehead atoms. The van der Waals surface area contributed by atoms with Crippen molar-refractivity contribution in [3.8, 4) is 0 Å². The zero-order valence-corrected chi connectivity index (χ0v) is 21.5. The van der Waals surface area contributed by atoms with Crippen LogP contribution in [0.25, 0.3) is 0 Å². The van der Waals surface area contributed by atoms with Crippen LogP contribution in [0.1, 0.15) is 42.4 Å². The van der Waals surface area contributed by atoms with Crippen LogP contribution in [0, 0.1) is 0 Å². The summed E-state index contributed by atoms with van der Waals surface area (Å²) in [6, 6.07) is 24.4. The molecule has 2 aliphatic heterocycles. The smallest absolute Gasteiger partial charge is 0.305 e. The summed E-state index contributed by atoms with van der Waals surface area (Å²) in [5.41, 5.74) is 2.81. The molecule has 0 aliphatic carbocycles. The molecule has 0 atom stereocenters. The Morgan fingerprint density at radius 2 is 1.35 bits per heavy atom. The van der Waals surface area contributed by atoms with E-state index in [0.29, 0.717) is 25.9 Å². The van der Waals surface area contributed by atoms with Crippen LogP contribution in [0.2, 0.25) is 0 Å². The van der Waals surface area contributed by atoms with Gasteiger partial charge >= 0.3 is 6.03 Å². The fourth-order valence-electron chi connectivity index (χ4n) is 5.73. The fraction of sp³-hybridized carbons (Fsp3) is 0.387. The van der Waals surface area contributed by atoms with Gasteiger partial charge in [0.15, 0.2) is 0 Å². The Labute approximate surface area is 219 Å². The molecule has 3 aromatic rings. The molecule has 1 spiro atoms. The van der Waals surface area contributed by atoms with E-state index in [1.165, 1.54) is 10.5 Å². The van der Waals surface area contributed by atoms with Gasteiger partial charge in [0, 0.05) is 38.6 Å². The SMILES string of the molecule is O=C1N(CCCc2cccnc2)C(=O)C2(CCN(CCCc3ccccc3)CC2)N1Cc1ccccc1. The first kappa shape index (κ1) is 25.2. The lowest BCUT2D eigenvalue weighted by atomic mass is 9.85. The Bertz CT molecular complexity index is 1160. The van der Waals surface area contributed by atoms with E-state index in [2.05, 4.69) is 40.2 Å². The predicted molar refractivity (Wildman–Crippen MR) is 145 cm³/mol. The maximum atomic E-state index is 13.9. The normalized spacial score (nSPS) is 17.6. The molecule has 37 heavy (non-hydrogen) atoms. The second-order valence-corrected chi connectivity index (χ2v) is 10.2. The molecule has 0 saturated carbocycles. The molecule has 2 aromatic carbocycles. The molecule has 3 amide bonds. The number of likely N-dealkylation sites (tertiary alicyclic amines) is 1. The van der Waals surface area contributed by atoms with Crippen molar-refractivity contribution in [2.24, 2.45) is 0 Å². The van der Waals surface area contributed by atoms with Gasteiger partial charge in [-0.25, -0.2) is 4.79 Å². The number of benzene rings is 2. The number of aromatic nitrogens is 1. The zero-order valence-electron chi connectivity index (χ0n) is 21.5. The van der Waals surface area contributed by atoms with Gasteiger partial charge < -0.3 is 9.80 Å². The summed E-state index contributed by atoms with van der Waals surface area (Å²) in [7, 11) is 0. The Morgan fingerprint density at radius 3 is 2.03 bits per heavy atom. The number of pyridine rings is 1. The first-order valence-corrected chi connectivity index (χ1v) is 13.5. The van der Waals surface area contributed by atoms with E-state index in [1.54, 1.807) is 6.20 Å². The summed E-state index contributed by atoms with van der Waals surface area (Å²) >= 11 is 0. The van der Waals surface area contributed by atoms with Crippen molar-refractivity contribution in [2.75, 3.05) is 26.2 Å². The molecule has 6 nitrogen and oxygen atoms in total. The minimum Gasteiger partial charge on any atom is -0.305 e. The number of carbonyl (C=O) groups is 2. The first-order valence-electron chi connectivity index (χ1n) is 13.5. The van der Waals surface area contributed by atoms with Gasteiger partial charge in [-0.05, 0) is 67.8 Å². The minimum atomic E-state index is -0.739. The molecule has 1 aromatic heterocycles.